The van der Waals surface area contributed by atoms with Crippen LogP contribution in [-0.4, -0.2) is 32.7 Å². The quantitative estimate of drug-likeness (QED) is 0.535. The third-order valence-electron chi connectivity index (χ3n) is 1.61. The molecule has 0 saturated heterocycles. The summed E-state index contributed by atoms with van der Waals surface area (Å²) in [7, 11) is -0.815. The van der Waals surface area contributed by atoms with E-state index in [4.69, 9.17) is 5.84 Å². The number of hydrazine groups is 1. The molecule has 4 N–H and O–H groups in total. The molecular formula is C7H12BrN5OS. The smallest absolute Gasteiger partial charge is 0.159 e. The van der Waals surface area contributed by atoms with E-state index in [2.05, 4.69) is 36.6 Å². The van der Waals surface area contributed by atoms with Gasteiger partial charge in [0.15, 0.2) is 5.82 Å². The van der Waals surface area contributed by atoms with E-state index in [1.165, 1.54) is 6.33 Å². The summed E-state index contributed by atoms with van der Waals surface area (Å²) in [4.78, 5) is 7.93. The minimum absolute atomic E-state index is 0.505. The molecule has 15 heavy (non-hydrogen) atoms. The first-order valence-electron chi connectivity index (χ1n) is 4.16. The topological polar surface area (TPSA) is 92.9 Å². The van der Waals surface area contributed by atoms with Crippen LogP contribution in [0.15, 0.2) is 10.8 Å². The monoisotopic (exact) mass is 293 g/mol. The van der Waals surface area contributed by atoms with Gasteiger partial charge in [-0.2, -0.15) is 0 Å². The molecule has 6 nitrogen and oxygen atoms in total. The van der Waals surface area contributed by atoms with Crippen molar-refractivity contribution in [2.75, 3.05) is 29.3 Å². The second-order valence-electron chi connectivity index (χ2n) is 2.73. The average molecular weight is 294 g/mol. The third kappa shape index (κ3) is 3.73. The molecule has 8 heteroatoms. The van der Waals surface area contributed by atoms with Gasteiger partial charge in [0.1, 0.15) is 16.6 Å². The molecule has 0 radical (unpaired) electrons. The SMILES string of the molecule is CS(=O)CCNc1ncnc(NN)c1Br. The average Bonchev–Trinajstić information content (AvgIpc) is 2.20. The number of halogens is 1. The summed E-state index contributed by atoms with van der Waals surface area (Å²) in [5, 5.41) is 3.03. The van der Waals surface area contributed by atoms with Crippen molar-refractivity contribution in [1.29, 1.82) is 0 Å². The highest BCUT2D eigenvalue weighted by atomic mass is 79.9. The van der Waals surface area contributed by atoms with Gasteiger partial charge < -0.3 is 10.7 Å². The maximum atomic E-state index is 10.8. The normalized spacial score (nSPS) is 12.2. The van der Waals surface area contributed by atoms with E-state index in [1.54, 1.807) is 6.26 Å². The molecule has 0 aliphatic carbocycles. The number of rotatable bonds is 5. The number of anilines is 2. The maximum Gasteiger partial charge on any atom is 0.159 e. The second-order valence-corrected chi connectivity index (χ2v) is 5.08. The van der Waals surface area contributed by atoms with Crippen molar-refractivity contribution in [3.8, 4) is 0 Å². The highest BCUT2D eigenvalue weighted by Gasteiger charge is 2.06. The first kappa shape index (κ1) is 12.3. The highest BCUT2D eigenvalue weighted by molar-refractivity contribution is 9.10. The summed E-state index contributed by atoms with van der Waals surface area (Å²) >= 11 is 3.30. The lowest BCUT2D eigenvalue weighted by molar-refractivity contribution is 0.687. The number of hydrogen-bond donors (Lipinski definition) is 3. The highest BCUT2D eigenvalue weighted by Crippen LogP contribution is 2.25. The fourth-order valence-corrected chi connectivity index (χ4v) is 1.76. The van der Waals surface area contributed by atoms with Gasteiger partial charge in [-0.1, -0.05) is 0 Å². The van der Waals surface area contributed by atoms with Crippen LogP contribution in [0.25, 0.3) is 0 Å². The summed E-state index contributed by atoms with van der Waals surface area (Å²) in [6.07, 6.45) is 3.05. The van der Waals surface area contributed by atoms with E-state index in [9.17, 15) is 4.21 Å². The Kier molecular flexibility index (Phi) is 4.92. The Morgan fingerprint density at radius 1 is 1.53 bits per heavy atom. The molecule has 1 aromatic rings. The lowest BCUT2D eigenvalue weighted by atomic mass is 10.5. The predicted octanol–water partition coefficient (Wildman–Crippen LogP) is 0.315. The Bertz CT molecular complexity index is 361. The van der Waals surface area contributed by atoms with E-state index in [0.29, 0.717) is 28.4 Å². The van der Waals surface area contributed by atoms with E-state index in [0.717, 1.165) is 0 Å². The van der Waals surface area contributed by atoms with Gasteiger partial charge in [0.05, 0.1) is 0 Å². The van der Waals surface area contributed by atoms with Gasteiger partial charge in [0.25, 0.3) is 0 Å². The number of nitrogens with two attached hydrogens (primary N) is 1. The molecule has 1 rings (SSSR count). The molecule has 1 atom stereocenters. The zero-order chi connectivity index (χ0) is 11.3. The molecular weight excluding hydrogens is 282 g/mol. The first-order chi connectivity index (χ1) is 7.15. The van der Waals surface area contributed by atoms with E-state index in [-0.39, 0.29) is 0 Å². The summed E-state index contributed by atoms with van der Waals surface area (Å²) in [6, 6.07) is 0. The molecule has 1 aromatic heterocycles. The number of nitrogens with zero attached hydrogens (tertiary/aromatic N) is 2. The van der Waals surface area contributed by atoms with Crippen molar-refractivity contribution in [2.45, 2.75) is 0 Å². The van der Waals surface area contributed by atoms with Gasteiger partial charge in [-0.3, -0.25) is 4.21 Å². The van der Waals surface area contributed by atoms with Gasteiger partial charge in [0, 0.05) is 29.4 Å². The molecule has 0 amide bonds. The third-order valence-corrected chi connectivity index (χ3v) is 3.14. The fourth-order valence-electron chi connectivity index (χ4n) is 0.907. The molecule has 1 unspecified atom stereocenters. The molecule has 0 fully saturated rings. The van der Waals surface area contributed by atoms with Gasteiger partial charge in [-0.25, -0.2) is 15.8 Å². The summed E-state index contributed by atoms with van der Waals surface area (Å²) in [5.41, 5.74) is 2.44. The van der Waals surface area contributed by atoms with Gasteiger partial charge in [-0.05, 0) is 15.9 Å². The van der Waals surface area contributed by atoms with Crippen LogP contribution in [0.4, 0.5) is 11.6 Å². The van der Waals surface area contributed by atoms with Crippen molar-refractivity contribution < 1.29 is 4.21 Å². The van der Waals surface area contributed by atoms with Crippen molar-refractivity contribution in [1.82, 2.24) is 9.97 Å². The van der Waals surface area contributed by atoms with Crippen LogP contribution >= 0.6 is 15.9 Å². The lowest BCUT2D eigenvalue weighted by Gasteiger charge is -2.08. The molecule has 0 aliphatic rings. The Labute approximate surface area is 98.6 Å². The van der Waals surface area contributed by atoms with Crippen molar-refractivity contribution in [2.24, 2.45) is 5.84 Å². The van der Waals surface area contributed by atoms with Crippen LogP contribution in [-0.2, 0) is 10.8 Å². The minimum atomic E-state index is -0.815. The van der Waals surface area contributed by atoms with Crippen LogP contribution in [0, 0.1) is 0 Å². The van der Waals surface area contributed by atoms with E-state index in [1.807, 2.05) is 0 Å². The van der Waals surface area contributed by atoms with Crippen LogP contribution in [0.2, 0.25) is 0 Å². The molecule has 0 aliphatic heterocycles. The summed E-state index contributed by atoms with van der Waals surface area (Å²) < 4.78 is 11.5. The van der Waals surface area contributed by atoms with Gasteiger partial charge >= 0.3 is 0 Å². The van der Waals surface area contributed by atoms with Gasteiger partial charge in [0.2, 0.25) is 0 Å². The van der Waals surface area contributed by atoms with Crippen LogP contribution in [0.3, 0.4) is 0 Å². The zero-order valence-corrected chi connectivity index (χ0v) is 10.6. The predicted molar refractivity (Wildman–Crippen MR) is 65.0 cm³/mol. The molecule has 0 saturated carbocycles. The van der Waals surface area contributed by atoms with Crippen molar-refractivity contribution >= 4 is 38.4 Å². The second kappa shape index (κ2) is 5.99. The maximum absolute atomic E-state index is 10.8. The lowest BCUT2D eigenvalue weighted by Crippen LogP contribution is -2.14. The van der Waals surface area contributed by atoms with E-state index < -0.39 is 10.8 Å². The Hall–Kier alpha value is -0.730. The van der Waals surface area contributed by atoms with Crippen LogP contribution in [0.1, 0.15) is 0 Å². The molecule has 0 bridgehead atoms. The number of nitrogens with one attached hydrogen (secondary N) is 2. The molecule has 1 heterocycles. The zero-order valence-electron chi connectivity index (χ0n) is 8.16. The van der Waals surface area contributed by atoms with Crippen molar-refractivity contribution in [3.63, 3.8) is 0 Å². The molecule has 0 aromatic carbocycles. The number of hydrogen-bond acceptors (Lipinski definition) is 6. The number of aromatic nitrogens is 2. The summed E-state index contributed by atoms with van der Waals surface area (Å²) in [6.45, 7) is 0.586. The van der Waals surface area contributed by atoms with Crippen LogP contribution in [0.5, 0.6) is 0 Å². The van der Waals surface area contributed by atoms with Crippen LogP contribution < -0.4 is 16.6 Å². The van der Waals surface area contributed by atoms with Crippen molar-refractivity contribution in [3.05, 3.63) is 10.8 Å². The standard InChI is InChI=1S/C7H12BrN5OS/c1-15(14)3-2-10-6-5(8)7(13-9)12-4-11-6/h4H,2-3,9H2,1H3,(H2,10,11,12,13). The molecule has 84 valence electrons. The number of nitrogen functional groups attached to an aromatic ring is 1. The van der Waals surface area contributed by atoms with Gasteiger partial charge in [-0.15, -0.1) is 0 Å². The first-order valence-corrected chi connectivity index (χ1v) is 6.68. The summed E-state index contributed by atoms with van der Waals surface area (Å²) in [5.74, 6) is 6.95. The largest absolute Gasteiger partial charge is 0.368 e. The minimum Gasteiger partial charge on any atom is -0.368 e. The van der Waals surface area contributed by atoms with E-state index >= 15 is 0 Å². The molecule has 0 spiro atoms. The Balaban J connectivity index is 2.64. The Morgan fingerprint density at radius 2 is 2.20 bits per heavy atom. The fraction of sp³-hybridized carbons (Fsp3) is 0.429. The Morgan fingerprint density at radius 3 is 2.80 bits per heavy atom.